The van der Waals surface area contributed by atoms with Gasteiger partial charge in [-0.15, -0.1) is 0 Å². The molecule has 1 aromatic rings. The van der Waals surface area contributed by atoms with Crippen molar-refractivity contribution in [1.82, 2.24) is 10.2 Å². The van der Waals surface area contributed by atoms with Crippen molar-refractivity contribution in [2.45, 2.75) is 39.4 Å². The molecule has 0 saturated carbocycles. The molecule has 0 aliphatic rings. The molecule has 1 heterocycles. The van der Waals surface area contributed by atoms with E-state index in [1.807, 2.05) is 7.05 Å². The second-order valence-electron chi connectivity index (χ2n) is 4.62. The summed E-state index contributed by atoms with van der Waals surface area (Å²) in [6, 6.07) is 2.62. The molecule has 0 aliphatic carbocycles. The van der Waals surface area contributed by atoms with Crippen LogP contribution in [0.1, 0.15) is 31.6 Å². The van der Waals surface area contributed by atoms with Gasteiger partial charge in [0, 0.05) is 31.8 Å². The number of hydrogen-bond acceptors (Lipinski definition) is 4. The molecule has 4 nitrogen and oxygen atoms in total. The molecule has 0 bridgehead atoms. The molecule has 104 valence electrons. The highest BCUT2D eigenvalue weighted by atomic mass is 16.5. The Labute approximate surface area is 110 Å². The van der Waals surface area contributed by atoms with Gasteiger partial charge in [0.15, 0.2) is 0 Å². The van der Waals surface area contributed by atoms with Crippen LogP contribution in [0.15, 0.2) is 16.7 Å². The standard InChI is InChI=1S/C14H26N2O2/c1-5-12(2)16(7-9-17-4)11-13-6-8-18-14(13)10-15-3/h6,8,12,15H,5,7,9-11H2,1-4H3. The largest absolute Gasteiger partial charge is 0.468 e. The van der Waals surface area contributed by atoms with Gasteiger partial charge in [0.2, 0.25) is 0 Å². The van der Waals surface area contributed by atoms with Crippen LogP contribution in [0.3, 0.4) is 0 Å². The Balaban J connectivity index is 2.65. The first-order valence-corrected chi connectivity index (χ1v) is 6.65. The van der Waals surface area contributed by atoms with Gasteiger partial charge in [0.05, 0.1) is 19.4 Å². The van der Waals surface area contributed by atoms with Crippen molar-refractivity contribution >= 4 is 0 Å². The molecule has 0 amide bonds. The lowest BCUT2D eigenvalue weighted by Crippen LogP contribution is -2.35. The van der Waals surface area contributed by atoms with E-state index in [9.17, 15) is 0 Å². The van der Waals surface area contributed by atoms with E-state index in [0.717, 1.165) is 38.4 Å². The topological polar surface area (TPSA) is 37.6 Å². The van der Waals surface area contributed by atoms with E-state index in [4.69, 9.17) is 9.15 Å². The third-order valence-electron chi connectivity index (χ3n) is 3.35. The van der Waals surface area contributed by atoms with E-state index >= 15 is 0 Å². The van der Waals surface area contributed by atoms with E-state index < -0.39 is 0 Å². The van der Waals surface area contributed by atoms with Gasteiger partial charge < -0.3 is 14.5 Å². The van der Waals surface area contributed by atoms with E-state index in [2.05, 4.69) is 30.1 Å². The maximum atomic E-state index is 5.50. The Hall–Kier alpha value is -0.840. The minimum Gasteiger partial charge on any atom is -0.468 e. The van der Waals surface area contributed by atoms with E-state index in [-0.39, 0.29) is 0 Å². The normalized spacial score (nSPS) is 13.2. The van der Waals surface area contributed by atoms with Crippen molar-refractivity contribution in [2.24, 2.45) is 0 Å². The molecule has 1 N–H and O–H groups in total. The third kappa shape index (κ3) is 4.44. The molecule has 0 aliphatic heterocycles. The minimum absolute atomic E-state index is 0.553. The Morgan fingerprint density at radius 3 is 2.89 bits per heavy atom. The van der Waals surface area contributed by atoms with Crippen LogP contribution in [0.25, 0.3) is 0 Å². The maximum absolute atomic E-state index is 5.50. The maximum Gasteiger partial charge on any atom is 0.122 e. The van der Waals surface area contributed by atoms with Gasteiger partial charge in [0.25, 0.3) is 0 Å². The number of methoxy groups -OCH3 is 1. The summed E-state index contributed by atoms with van der Waals surface area (Å²) in [6.07, 6.45) is 2.91. The molecule has 0 saturated heterocycles. The second kappa shape index (κ2) is 8.29. The van der Waals surface area contributed by atoms with Crippen molar-refractivity contribution in [2.75, 3.05) is 27.3 Å². The lowest BCUT2D eigenvalue weighted by atomic mass is 10.1. The monoisotopic (exact) mass is 254 g/mol. The van der Waals surface area contributed by atoms with E-state index in [0.29, 0.717) is 6.04 Å². The van der Waals surface area contributed by atoms with Gasteiger partial charge in [-0.2, -0.15) is 0 Å². The molecule has 0 radical (unpaired) electrons. The quantitative estimate of drug-likeness (QED) is 0.733. The van der Waals surface area contributed by atoms with Gasteiger partial charge in [-0.05, 0) is 26.5 Å². The van der Waals surface area contributed by atoms with E-state index in [1.165, 1.54) is 5.56 Å². The van der Waals surface area contributed by atoms with Crippen LogP contribution in [-0.4, -0.2) is 38.3 Å². The van der Waals surface area contributed by atoms with Crippen LogP contribution in [0.2, 0.25) is 0 Å². The molecular formula is C14H26N2O2. The first-order chi connectivity index (χ1) is 8.72. The van der Waals surface area contributed by atoms with Gasteiger partial charge in [-0.3, -0.25) is 4.90 Å². The van der Waals surface area contributed by atoms with Crippen LogP contribution in [0.5, 0.6) is 0 Å². The Bertz CT molecular complexity index is 325. The number of furan rings is 1. The molecule has 18 heavy (non-hydrogen) atoms. The van der Waals surface area contributed by atoms with E-state index in [1.54, 1.807) is 13.4 Å². The minimum atomic E-state index is 0.553. The summed E-state index contributed by atoms with van der Waals surface area (Å²) in [5.41, 5.74) is 1.26. The number of ether oxygens (including phenoxy) is 1. The van der Waals surface area contributed by atoms with Gasteiger partial charge >= 0.3 is 0 Å². The summed E-state index contributed by atoms with van der Waals surface area (Å²) in [6.45, 7) is 7.90. The van der Waals surface area contributed by atoms with Crippen molar-refractivity contribution in [3.63, 3.8) is 0 Å². The average molecular weight is 254 g/mol. The Morgan fingerprint density at radius 2 is 2.28 bits per heavy atom. The van der Waals surface area contributed by atoms with Crippen LogP contribution in [0, 0.1) is 0 Å². The molecule has 0 fully saturated rings. The molecule has 1 atom stereocenters. The fraction of sp³-hybridized carbons (Fsp3) is 0.714. The van der Waals surface area contributed by atoms with Crippen molar-refractivity contribution in [1.29, 1.82) is 0 Å². The van der Waals surface area contributed by atoms with Crippen LogP contribution in [-0.2, 0) is 17.8 Å². The summed E-state index contributed by atoms with van der Waals surface area (Å²) < 4.78 is 10.7. The summed E-state index contributed by atoms with van der Waals surface area (Å²) in [7, 11) is 3.68. The molecule has 1 aromatic heterocycles. The Kier molecular flexibility index (Phi) is 7.01. The predicted molar refractivity (Wildman–Crippen MR) is 73.5 cm³/mol. The highest BCUT2D eigenvalue weighted by molar-refractivity contribution is 5.17. The fourth-order valence-electron chi connectivity index (χ4n) is 1.96. The van der Waals surface area contributed by atoms with Gasteiger partial charge in [0.1, 0.15) is 5.76 Å². The van der Waals surface area contributed by atoms with Crippen molar-refractivity contribution in [3.05, 3.63) is 23.7 Å². The molecule has 1 rings (SSSR count). The smallest absolute Gasteiger partial charge is 0.122 e. The lowest BCUT2D eigenvalue weighted by Gasteiger charge is -2.28. The van der Waals surface area contributed by atoms with Crippen LogP contribution < -0.4 is 5.32 Å². The number of nitrogens with zero attached hydrogens (tertiary/aromatic N) is 1. The molecule has 4 heteroatoms. The summed E-state index contributed by atoms with van der Waals surface area (Å²) in [5.74, 6) is 1.03. The van der Waals surface area contributed by atoms with Crippen molar-refractivity contribution < 1.29 is 9.15 Å². The van der Waals surface area contributed by atoms with Crippen LogP contribution >= 0.6 is 0 Å². The Morgan fingerprint density at radius 1 is 1.50 bits per heavy atom. The number of hydrogen-bond donors (Lipinski definition) is 1. The summed E-state index contributed by atoms with van der Waals surface area (Å²) >= 11 is 0. The zero-order chi connectivity index (χ0) is 13.4. The zero-order valence-corrected chi connectivity index (χ0v) is 12.0. The number of rotatable bonds is 9. The molecule has 0 aromatic carbocycles. The molecular weight excluding hydrogens is 228 g/mol. The number of nitrogens with one attached hydrogen (secondary N) is 1. The highest BCUT2D eigenvalue weighted by Crippen LogP contribution is 2.16. The third-order valence-corrected chi connectivity index (χ3v) is 3.35. The summed E-state index contributed by atoms with van der Waals surface area (Å²) in [5, 5.41) is 3.13. The predicted octanol–water partition coefficient (Wildman–Crippen LogP) is 2.25. The summed E-state index contributed by atoms with van der Waals surface area (Å²) in [4.78, 5) is 2.44. The fourth-order valence-corrected chi connectivity index (χ4v) is 1.96. The molecule has 1 unspecified atom stereocenters. The van der Waals surface area contributed by atoms with Crippen molar-refractivity contribution in [3.8, 4) is 0 Å². The van der Waals surface area contributed by atoms with Crippen LogP contribution in [0.4, 0.5) is 0 Å². The first kappa shape index (κ1) is 15.2. The molecule has 0 spiro atoms. The van der Waals surface area contributed by atoms with Gasteiger partial charge in [-0.25, -0.2) is 0 Å². The first-order valence-electron chi connectivity index (χ1n) is 6.65. The SMILES string of the molecule is CCC(C)N(CCOC)Cc1ccoc1CNC. The van der Waals surface area contributed by atoms with Gasteiger partial charge in [-0.1, -0.05) is 6.92 Å². The lowest BCUT2D eigenvalue weighted by molar-refractivity contribution is 0.117. The zero-order valence-electron chi connectivity index (χ0n) is 12.0. The highest BCUT2D eigenvalue weighted by Gasteiger charge is 2.15. The average Bonchev–Trinajstić information content (AvgIpc) is 2.81. The second-order valence-corrected chi connectivity index (χ2v) is 4.62.